The van der Waals surface area contributed by atoms with E-state index in [-0.39, 0.29) is 17.0 Å². The molecule has 1 aliphatic rings. The lowest BCUT2D eigenvalue weighted by atomic mass is 10.1. The average molecular weight is 517 g/mol. The first-order valence-corrected chi connectivity index (χ1v) is 13.4. The van der Waals surface area contributed by atoms with Crippen LogP contribution in [0.15, 0.2) is 35.7 Å². The summed E-state index contributed by atoms with van der Waals surface area (Å²) in [6.07, 6.45) is 2.49. The SMILES string of the molecule is CSCC[C@@H](NC(=O)c1ccc(Cl)cc1Cl)C(=O)NC[C@@H](c1cccs1)N1CCOCC1. The number of halogens is 2. The van der Waals surface area contributed by atoms with Crippen molar-refractivity contribution < 1.29 is 14.3 Å². The molecule has 0 spiro atoms. The van der Waals surface area contributed by atoms with E-state index in [0.717, 1.165) is 18.8 Å². The van der Waals surface area contributed by atoms with E-state index in [1.807, 2.05) is 17.7 Å². The number of rotatable bonds is 10. The Morgan fingerprint density at radius 3 is 2.69 bits per heavy atom. The molecule has 1 fully saturated rings. The lowest BCUT2D eigenvalue weighted by molar-refractivity contribution is -0.123. The fourth-order valence-electron chi connectivity index (χ4n) is 3.51. The Hall–Kier alpha value is -1.29. The van der Waals surface area contributed by atoms with Crippen LogP contribution in [0.25, 0.3) is 0 Å². The molecule has 1 aliphatic heterocycles. The van der Waals surface area contributed by atoms with Gasteiger partial charge in [0.05, 0.1) is 29.8 Å². The first-order valence-electron chi connectivity index (χ1n) is 10.4. The highest BCUT2D eigenvalue weighted by Crippen LogP contribution is 2.25. The van der Waals surface area contributed by atoms with Crippen LogP contribution < -0.4 is 10.6 Å². The molecule has 10 heteroatoms. The van der Waals surface area contributed by atoms with E-state index in [4.69, 9.17) is 27.9 Å². The summed E-state index contributed by atoms with van der Waals surface area (Å²) in [5, 5.41) is 8.66. The van der Waals surface area contributed by atoms with Gasteiger partial charge in [0.15, 0.2) is 0 Å². The summed E-state index contributed by atoms with van der Waals surface area (Å²) in [6, 6.07) is 8.21. The number of ether oxygens (including phenoxy) is 1. The maximum atomic E-state index is 13.1. The van der Waals surface area contributed by atoms with Crippen molar-refractivity contribution in [3.63, 3.8) is 0 Å². The van der Waals surface area contributed by atoms with Crippen LogP contribution in [0, 0.1) is 0 Å². The Labute approximate surface area is 207 Å². The number of carbonyl (C=O) groups excluding carboxylic acids is 2. The van der Waals surface area contributed by atoms with E-state index < -0.39 is 11.9 Å². The molecule has 3 rings (SSSR count). The second-order valence-corrected chi connectivity index (χ2v) is 10.2. The third-order valence-electron chi connectivity index (χ3n) is 5.24. The van der Waals surface area contributed by atoms with Gasteiger partial charge in [-0.25, -0.2) is 0 Å². The lowest BCUT2D eigenvalue weighted by Crippen LogP contribution is -2.50. The number of amides is 2. The molecule has 2 heterocycles. The van der Waals surface area contributed by atoms with Crippen molar-refractivity contribution in [2.75, 3.05) is 44.9 Å². The van der Waals surface area contributed by atoms with Gasteiger partial charge in [-0.3, -0.25) is 14.5 Å². The second-order valence-electron chi connectivity index (χ2n) is 7.36. The number of carbonyl (C=O) groups is 2. The molecule has 32 heavy (non-hydrogen) atoms. The molecule has 174 valence electrons. The third-order valence-corrected chi connectivity index (χ3v) is 7.40. The molecule has 2 amide bonds. The molecule has 1 aromatic heterocycles. The maximum Gasteiger partial charge on any atom is 0.253 e. The Morgan fingerprint density at radius 1 is 1.25 bits per heavy atom. The maximum absolute atomic E-state index is 13.1. The molecule has 1 saturated heterocycles. The van der Waals surface area contributed by atoms with Crippen molar-refractivity contribution in [1.82, 2.24) is 15.5 Å². The summed E-state index contributed by atoms with van der Waals surface area (Å²) in [4.78, 5) is 29.4. The molecule has 2 atom stereocenters. The van der Waals surface area contributed by atoms with Crippen LogP contribution in [0.2, 0.25) is 10.0 Å². The van der Waals surface area contributed by atoms with Crippen molar-refractivity contribution in [1.29, 1.82) is 0 Å². The highest BCUT2D eigenvalue weighted by molar-refractivity contribution is 7.98. The van der Waals surface area contributed by atoms with Gasteiger partial charge in [-0.1, -0.05) is 29.3 Å². The molecule has 6 nitrogen and oxygen atoms in total. The number of morpholine rings is 1. The van der Waals surface area contributed by atoms with Crippen LogP contribution in [0.4, 0.5) is 0 Å². The molecule has 1 aromatic carbocycles. The first kappa shape index (κ1) is 25.3. The number of thioether (sulfide) groups is 1. The number of hydrogen-bond acceptors (Lipinski definition) is 6. The Kier molecular flexibility index (Phi) is 10.1. The number of nitrogens with one attached hydrogen (secondary N) is 2. The molecular formula is C22H27Cl2N3O3S2. The zero-order chi connectivity index (χ0) is 22.9. The number of nitrogens with zero attached hydrogens (tertiary/aromatic N) is 1. The largest absolute Gasteiger partial charge is 0.379 e. The topological polar surface area (TPSA) is 70.7 Å². The fraction of sp³-hybridized carbons (Fsp3) is 0.455. The minimum atomic E-state index is -0.657. The molecule has 0 bridgehead atoms. The third kappa shape index (κ3) is 7.10. The van der Waals surface area contributed by atoms with Gasteiger partial charge in [0, 0.05) is 29.5 Å². The summed E-state index contributed by atoms with van der Waals surface area (Å²) in [6.45, 7) is 3.47. The van der Waals surface area contributed by atoms with Gasteiger partial charge in [-0.2, -0.15) is 11.8 Å². The van der Waals surface area contributed by atoms with E-state index in [9.17, 15) is 9.59 Å². The van der Waals surface area contributed by atoms with Crippen LogP contribution >= 0.6 is 46.3 Å². The predicted octanol–water partition coefficient (Wildman–Crippen LogP) is 4.10. The molecule has 2 aromatic rings. The fourth-order valence-corrected chi connectivity index (χ4v) is 5.34. The van der Waals surface area contributed by atoms with Gasteiger partial charge in [0.25, 0.3) is 5.91 Å². The van der Waals surface area contributed by atoms with Crippen LogP contribution in [0.1, 0.15) is 27.7 Å². The summed E-state index contributed by atoms with van der Waals surface area (Å²) < 4.78 is 5.48. The zero-order valence-corrected chi connectivity index (χ0v) is 21.0. The highest BCUT2D eigenvalue weighted by Gasteiger charge is 2.27. The minimum absolute atomic E-state index is 0.0745. The van der Waals surface area contributed by atoms with Gasteiger partial charge < -0.3 is 15.4 Å². The van der Waals surface area contributed by atoms with Gasteiger partial charge in [0.1, 0.15) is 6.04 Å². The van der Waals surface area contributed by atoms with Gasteiger partial charge >= 0.3 is 0 Å². The normalized spacial score (nSPS) is 16.3. The summed E-state index contributed by atoms with van der Waals surface area (Å²) in [7, 11) is 0. The minimum Gasteiger partial charge on any atom is -0.379 e. The Morgan fingerprint density at radius 2 is 2.03 bits per heavy atom. The molecule has 2 N–H and O–H groups in total. The molecule has 0 unspecified atom stereocenters. The summed E-state index contributed by atoms with van der Waals surface area (Å²) in [5.41, 5.74) is 0.294. The van der Waals surface area contributed by atoms with E-state index in [2.05, 4.69) is 21.6 Å². The quantitative estimate of drug-likeness (QED) is 0.498. The Balaban J connectivity index is 1.67. The van der Waals surface area contributed by atoms with Crippen LogP contribution in [-0.2, 0) is 9.53 Å². The predicted molar refractivity (Wildman–Crippen MR) is 133 cm³/mol. The van der Waals surface area contributed by atoms with Crippen molar-refractivity contribution in [2.45, 2.75) is 18.5 Å². The van der Waals surface area contributed by atoms with Crippen molar-refractivity contribution >= 4 is 58.1 Å². The number of benzene rings is 1. The number of thiophene rings is 1. The van der Waals surface area contributed by atoms with Crippen molar-refractivity contribution in [2.24, 2.45) is 0 Å². The van der Waals surface area contributed by atoms with Gasteiger partial charge in [0.2, 0.25) is 5.91 Å². The smallest absolute Gasteiger partial charge is 0.253 e. The standard InChI is InChI=1S/C22H27Cl2N3O3S2/c1-31-12-6-18(26-21(28)16-5-4-15(23)13-17(16)24)22(29)25-14-19(20-3-2-11-32-20)27-7-9-30-10-8-27/h2-5,11,13,18-19H,6-10,12,14H2,1H3,(H,25,29)(H,26,28)/t18-,19+/m1/s1. The van der Waals surface area contributed by atoms with Crippen LogP contribution in [0.5, 0.6) is 0 Å². The lowest BCUT2D eigenvalue weighted by Gasteiger charge is -2.34. The van der Waals surface area contributed by atoms with E-state index in [1.54, 1.807) is 35.2 Å². The van der Waals surface area contributed by atoms with Crippen LogP contribution in [-0.4, -0.2) is 67.6 Å². The Bertz CT molecular complexity index is 893. The molecular weight excluding hydrogens is 489 g/mol. The molecule has 0 radical (unpaired) electrons. The van der Waals surface area contributed by atoms with E-state index >= 15 is 0 Å². The summed E-state index contributed by atoms with van der Waals surface area (Å²) >= 11 is 15.4. The summed E-state index contributed by atoms with van der Waals surface area (Å²) in [5.74, 6) is 0.146. The monoisotopic (exact) mass is 515 g/mol. The van der Waals surface area contributed by atoms with Crippen molar-refractivity contribution in [3.05, 3.63) is 56.2 Å². The molecule has 0 saturated carbocycles. The molecule has 0 aliphatic carbocycles. The average Bonchev–Trinajstić information content (AvgIpc) is 3.31. The van der Waals surface area contributed by atoms with Gasteiger partial charge in [-0.15, -0.1) is 11.3 Å². The van der Waals surface area contributed by atoms with E-state index in [0.29, 0.717) is 36.8 Å². The zero-order valence-electron chi connectivity index (χ0n) is 17.8. The highest BCUT2D eigenvalue weighted by atomic mass is 35.5. The second kappa shape index (κ2) is 12.8. The van der Waals surface area contributed by atoms with Gasteiger partial charge in [-0.05, 0) is 48.1 Å². The number of hydrogen-bond donors (Lipinski definition) is 2. The van der Waals surface area contributed by atoms with E-state index in [1.165, 1.54) is 10.9 Å². The van der Waals surface area contributed by atoms with Crippen molar-refractivity contribution in [3.8, 4) is 0 Å². The van der Waals surface area contributed by atoms with Crippen LogP contribution in [0.3, 0.4) is 0 Å². The first-order chi connectivity index (χ1) is 15.5.